The van der Waals surface area contributed by atoms with Gasteiger partial charge in [0.15, 0.2) is 0 Å². The molecular formula is C16H21N3O4. The van der Waals surface area contributed by atoms with Crippen LogP contribution in [-0.2, 0) is 16.0 Å². The number of benzene rings is 1. The van der Waals surface area contributed by atoms with Crippen molar-refractivity contribution in [3.63, 3.8) is 0 Å². The Morgan fingerprint density at radius 1 is 1.39 bits per heavy atom. The van der Waals surface area contributed by atoms with Gasteiger partial charge in [-0.05, 0) is 19.1 Å². The Hall–Kier alpha value is -2.41. The summed E-state index contributed by atoms with van der Waals surface area (Å²) < 4.78 is 15.3. The molecule has 2 rings (SSSR count). The second-order valence-electron chi connectivity index (χ2n) is 5.17. The molecule has 0 aliphatic carbocycles. The fourth-order valence-electron chi connectivity index (χ4n) is 2.09. The minimum atomic E-state index is -0.0734. The van der Waals surface area contributed by atoms with E-state index in [1.165, 1.54) is 0 Å². The Labute approximate surface area is 135 Å². The smallest absolute Gasteiger partial charge is 0.227 e. The molecule has 7 heteroatoms. The van der Waals surface area contributed by atoms with Crippen molar-refractivity contribution in [2.75, 3.05) is 20.8 Å². The minimum absolute atomic E-state index is 0.0254. The van der Waals surface area contributed by atoms with Crippen LogP contribution in [0.25, 0.3) is 11.4 Å². The second kappa shape index (κ2) is 8.28. The van der Waals surface area contributed by atoms with Crippen LogP contribution in [0, 0.1) is 0 Å². The molecule has 23 heavy (non-hydrogen) atoms. The first-order valence-corrected chi connectivity index (χ1v) is 7.37. The van der Waals surface area contributed by atoms with Gasteiger partial charge in [-0.15, -0.1) is 0 Å². The van der Waals surface area contributed by atoms with E-state index in [-0.39, 0.29) is 18.4 Å². The third kappa shape index (κ3) is 5.07. The van der Waals surface area contributed by atoms with Gasteiger partial charge in [0.05, 0.1) is 13.7 Å². The van der Waals surface area contributed by atoms with Crippen molar-refractivity contribution in [1.29, 1.82) is 0 Å². The Morgan fingerprint density at radius 2 is 2.22 bits per heavy atom. The molecule has 1 N–H and O–H groups in total. The number of amides is 1. The summed E-state index contributed by atoms with van der Waals surface area (Å²) in [5.74, 6) is 1.56. The van der Waals surface area contributed by atoms with Crippen molar-refractivity contribution in [2.24, 2.45) is 0 Å². The normalized spacial score (nSPS) is 12.0. The lowest BCUT2D eigenvalue weighted by Crippen LogP contribution is -2.35. The lowest BCUT2D eigenvalue weighted by atomic mass is 10.2. The molecule has 1 heterocycles. The summed E-state index contributed by atoms with van der Waals surface area (Å²) in [6, 6.07) is 7.37. The molecule has 0 saturated heterocycles. The van der Waals surface area contributed by atoms with E-state index in [1.54, 1.807) is 14.2 Å². The first kappa shape index (κ1) is 17.0. The summed E-state index contributed by atoms with van der Waals surface area (Å²) in [7, 11) is 3.20. The van der Waals surface area contributed by atoms with Gasteiger partial charge in [-0.1, -0.05) is 17.3 Å². The van der Waals surface area contributed by atoms with Gasteiger partial charge in [0.1, 0.15) is 5.75 Å². The lowest BCUT2D eigenvalue weighted by Gasteiger charge is -2.11. The van der Waals surface area contributed by atoms with E-state index in [1.807, 2.05) is 31.2 Å². The van der Waals surface area contributed by atoms with Crippen molar-refractivity contribution in [3.05, 3.63) is 30.2 Å². The summed E-state index contributed by atoms with van der Waals surface area (Å²) in [4.78, 5) is 16.1. The summed E-state index contributed by atoms with van der Waals surface area (Å²) in [5, 5.41) is 6.77. The van der Waals surface area contributed by atoms with Crippen LogP contribution in [0.5, 0.6) is 5.75 Å². The summed E-state index contributed by atoms with van der Waals surface area (Å²) >= 11 is 0. The zero-order valence-corrected chi connectivity index (χ0v) is 13.5. The molecule has 2 aromatic rings. The number of nitrogens with one attached hydrogen (secondary N) is 1. The van der Waals surface area contributed by atoms with Gasteiger partial charge >= 0.3 is 0 Å². The maximum Gasteiger partial charge on any atom is 0.227 e. The highest BCUT2D eigenvalue weighted by Crippen LogP contribution is 2.21. The van der Waals surface area contributed by atoms with Crippen LogP contribution in [0.1, 0.15) is 19.2 Å². The van der Waals surface area contributed by atoms with Crippen LogP contribution < -0.4 is 10.1 Å². The molecule has 0 aliphatic heterocycles. The van der Waals surface area contributed by atoms with Gasteiger partial charge in [-0.2, -0.15) is 4.98 Å². The van der Waals surface area contributed by atoms with Crippen LogP contribution in [0.3, 0.4) is 0 Å². The van der Waals surface area contributed by atoms with Crippen LogP contribution in [0.2, 0.25) is 0 Å². The minimum Gasteiger partial charge on any atom is -0.497 e. The molecule has 0 aliphatic rings. The number of nitrogens with zero attached hydrogens (tertiary/aromatic N) is 2. The number of carbonyl (C=O) groups excluding carboxylic acids is 1. The van der Waals surface area contributed by atoms with Crippen LogP contribution in [0.15, 0.2) is 28.8 Å². The number of aromatic nitrogens is 2. The molecule has 0 fully saturated rings. The number of ether oxygens (including phenoxy) is 2. The Morgan fingerprint density at radius 3 is 2.96 bits per heavy atom. The largest absolute Gasteiger partial charge is 0.497 e. The highest BCUT2D eigenvalue weighted by molar-refractivity contribution is 5.76. The molecule has 0 radical (unpaired) electrons. The van der Waals surface area contributed by atoms with Crippen molar-refractivity contribution in [1.82, 2.24) is 15.5 Å². The van der Waals surface area contributed by atoms with Crippen molar-refractivity contribution in [2.45, 2.75) is 25.8 Å². The van der Waals surface area contributed by atoms with Crippen molar-refractivity contribution >= 4 is 5.91 Å². The van der Waals surface area contributed by atoms with Crippen LogP contribution >= 0.6 is 0 Å². The third-order valence-electron chi connectivity index (χ3n) is 3.19. The number of rotatable bonds is 8. The summed E-state index contributed by atoms with van der Waals surface area (Å²) in [6.07, 6.45) is 0.677. The zero-order chi connectivity index (χ0) is 16.7. The highest BCUT2D eigenvalue weighted by atomic mass is 16.5. The molecular weight excluding hydrogens is 298 g/mol. The van der Waals surface area contributed by atoms with E-state index < -0.39 is 0 Å². The topological polar surface area (TPSA) is 86.5 Å². The van der Waals surface area contributed by atoms with E-state index in [0.717, 1.165) is 11.3 Å². The molecule has 0 spiro atoms. The van der Waals surface area contributed by atoms with Gasteiger partial charge in [-0.25, -0.2) is 0 Å². The fourth-order valence-corrected chi connectivity index (χ4v) is 2.09. The van der Waals surface area contributed by atoms with Gasteiger partial charge < -0.3 is 19.3 Å². The molecule has 1 atom stereocenters. The lowest BCUT2D eigenvalue weighted by molar-refractivity contribution is -0.122. The first-order valence-electron chi connectivity index (χ1n) is 7.37. The monoisotopic (exact) mass is 319 g/mol. The number of hydrogen-bond donors (Lipinski definition) is 1. The second-order valence-corrected chi connectivity index (χ2v) is 5.17. The number of aryl methyl sites for hydroxylation is 1. The Balaban J connectivity index is 1.91. The van der Waals surface area contributed by atoms with E-state index in [4.69, 9.17) is 14.0 Å². The van der Waals surface area contributed by atoms with Gasteiger partial charge in [-0.3, -0.25) is 4.79 Å². The maximum atomic E-state index is 11.8. The molecule has 124 valence electrons. The first-order chi connectivity index (χ1) is 11.1. The quantitative estimate of drug-likeness (QED) is 0.799. The van der Waals surface area contributed by atoms with Crippen molar-refractivity contribution < 1.29 is 18.8 Å². The molecule has 0 saturated carbocycles. The number of hydrogen-bond acceptors (Lipinski definition) is 6. The summed E-state index contributed by atoms with van der Waals surface area (Å²) in [5.41, 5.74) is 0.803. The van der Waals surface area contributed by atoms with Gasteiger partial charge in [0.25, 0.3) is 0 Å². The number of carbonyl (C=O) groups is 1. The number of methoxy groups -OCH3 is 2. The van der Waals surface area contributed by atoms with E-state index in [0.29, 0.717) is 24.7 Å². The predicted molar refractivity (Wildman–Crippen MR) is 84.1 cm³/mol. The SMILES string of the molecule is COC[C@@H](C)NC(=O)CCc1nc(-c2cccc(OC)c2)no1. The van der Waals surface area contributed by atoms with E-state index >= 15 is 0 Å². The molecule has 1 amide bonds. The fraction of sp³-hybridized carbons (Fsp3) is 0.438. The standard InChI is InChI=1S/C16H21N3O4/c1-11(10-21-2)17-14(20)7-8-15-18-16(19-23-15)12-5-4-6-13(9-12)22-3/h4-6,9,11H,7-8,10H2,1-3H3,(H,17,20)/t11-/m1/s1. The Bertz CT molecular complexity index is 642. The predicted octanol–water partition coefficient (Wildman–Crippen LogP) is 1.83. The average molecular weight is 319 g/mol. The van der Waals surface area contributed by atoms with Gasteiger partial charge in [0, 0.05) is 31.6 Å². The molecule has 0 unspecified atom stereocenters. The van der Waals surface area contributed by atoms with Gasteiger partial charge in [0.2, 0.25) is 17.6 Å². The molecule has 1 aromatic carbocycles. The average Bonchev–Trinajstić information content (AvgIpc) is 3.02. The van der Waals surface area contributed by atoms with Crippen LogP contribution in [0.4, 0.5) is 0 Å². The van der Waals surface area contributed by atoms with Crippen LogP contribution in [-0.4, -0.2) is 42.9 Å². The molecule has 1 aromatic heterocycles. The molecule has 0 bridgehead atoms. The third-order valence-corrected chi connectivity index (χ3v) is 3.19. The molecule has 7 nitrogen and oxygen atoms in total. The van der Waals surface area contributed by atoms with Crippen molar-refractivity contribution in [3.8, 4) is 17.1 Å². The maximum absolute atomic E-state index is 11.8. The summed E-state index contributed by atoms with van der Waals surface area (Å²) in [6.45, 7) is 2.36. The highest BCUT2D eigenvalue weighted by Gasteiger charge is 2.12. The van der Waals surface area contributed by atoms with E-state index in [2.05, 4.69) is 15.5 Å². The zero-order valence-electron chi connectivity index (χ0n) is 13.5. The Kier molecular flexibility index (Phi) is 6.10. The van der Waals surface area contributed by atoms with E-state index in [9.17, 15) is 4.79 Å².